The lowest BCUT2D eigenvalue weighted by molar-refractivity contribution is -0.116. The molecule has 0 saturated carbocycles. The van der Waals surface area contributed by atoms with E-state index in [1.54, 1.807) is 54.5 Å². The fraction of sp³-hybridized carbons (Fsp3) is 0.233. The van der Waals surface area contributed by atoms with Crippen LogP contribution in [-0.2, 0) is 4.79 Å². The summed E-state index contributed by atoms with van der Waals surface area (Å²) < 4.78 is 12.9. The summed E-state index contributed by atoms with van der Waals surface area (Å²) in [5, 5.41) is 20.3. The second-order valence-electron chi connectivity index (χ2n) is 9.68. The minimum Gasteiger partial charge on any atom is -0.497 e. The van der Waals surface area contributed by atoms with Gasteiger partial charge in [0.2, 0.25) is 0 Å². The summed E-state index contributed by atoms with van der Waals surface area (Å²) in [6.07, 6.45) is 1.07. The number of benzene rings is 2. The molecule has 9 heteroatoms. The molecule has 39 heavy (non-hydrogen) atoms. The number of rotatable bonds is 6. The van der Waals surface area contributed by atoms with Crippen molar-refractivity contribution in [2.24, 2.45) is 0 Å². The summed E-state index contributed by atoms with van der Waals surface area (Å²) in [6, 6.07) is 16.5. The molecule has 1 aliphatic carbocycles. The Morgan fingerprint density at radius 1 is 1.10 bits per heavy atom. The molecule has 0 unspecified atom stereocenters. The number of aromatic nitrogens is 2. The lowest BCUT2D eigenvalue weighted by Gasteiger charge is -2.36. The molecule has 3 heterocycles. The Bertz CT molecular complexity index is 1640. The molecule has 0 fully saturated rings. The molecule has 6 rings (SSSR count). The lowest BCUT2D eigenvalue weighted by Crippen LogP contribution is -2.30. The summed E-state index contributed by atoms with van der Waals surface area (Å²) in [5.74, 6) is 0.560. The number of para-hydroxylation sites is 1. The molecule has 8 nitrogen and oxygen atoms in total. The molecule has 2 N–H and O–H groups in total. The number of allylic oxidation sites excluding steroid dienone is 2. The van der Waals surface area contributed by atoms with Gasteiger partial charge in [-0.1, -0.05) is 24.3 Å². The van der Waals surface area contributed by atoms with E-state index in [0.717, 1.165) is 16.8 Å². The van der Waals surface area contributed by atoms with Gasteiger partial charge in [0.05, 0.1) is 31.2 Å². The first kappa shape index (κ1) is 24.9. The van der Waals surface area contributed by atoms with Crippen LogP contribution in [0.15, 0.2) is 71.2 Å². The van der Waals surface area contributed by atoms with E-state index in [-0.39, 0.29) is 17.3 Å². The third-order valence-electron chi connectivity index (χ3n) is 7.52. The van der Waals surface area contributed by atoms with Crippen LogP contribution < -0.4 is 14.8 Å². The number of nitrogens with zero attached hydrogens (tertiary/aromatic N) is 2. The average Bonchev–Trinajstić information content (AvgIpc) is 3.60. The number of carboxylic acids is 1. The highest BCUT2D eigenvalue weighted by molar-refractivity contribution is 7.10. The van der Waals surface area contributed by atoms with E-state index in [4.69, 9.17) is 14.6 Å². The molecule has 0 spiro atoms. The highest BCUT2D eigenvalue weighted by Gasteiger charge is 2.42. The van der Waals surface area contributed by atoms with E-state index in [1.807, 2.05) is 36.6 Å². The van der Waals surface area contributed by atoms with E-state index < -0.39 is 11.9 Å². The molecule has 0 amide bonds. The number of Topliss-reactive ketones (excluding diaryl/α,β-unsaturated/α-hetero) is 1. The van der Waals surface area contributed by atoms with Crippen LogP contribution in [0.25, 0.3) is 5.69 Å². The summed E-state index contributed by atoms with van der Waals surface area (Å²) in [6.45, 7) is 1.89. The van der Waals surface area contributed by atoms with Gasteiger partial charge in [0.25, 0.3) is 0 Å². The van der Waals surface area contributed by atoms with Crippen molar-refractivity contribution in [3.8, 4) is 17.2 Å². The lowest BCUT2D eigenvalue weighted by atomic mass is 9.73. The molecule has 2 atom stereocenters. The number of ketones is 1. The maximum Gasteiger partial charge on any atom is 0.337 e. The van der Waals surface area contributed by atoms with Crippen LogP contribution in [0.5, 0.6) is 11.5 Å². The van der Waals surface area contributed by atoms with E-state index in [0.29, 0.717) is 47.1 Å². The van der Waals surface area contributed by atoms with Gasteiger partial charge < -0.3 is 19.9 Å². The third-order valence-corrected chi connectivity index (χ3v) is 8.56. The molecule has 4 aromatic rings. The summed E-state index contributed by atoms with van der Waals surface area (Å²) in [4.78, 5) is 27.2. The van der Waals surface area contributed by atoms with E-state index in [9.17, 15) is 14.7 Å². The first-order chi connectivity index (χ1) is 18.9. The molecule has 2 aromatic carbocycles. The van der Waals surface area contributed by atoms with Crippen LogP contribution in [0.2, 0.25) is 0 Å². The zero-order valence-electron chi connectivity index (χ0n) is 21.7. The highest BCUT2D eigenvalue weighted by atomic mass is 32.1. The van der Waals surface area contributed by atoms with Crippen molar-refractivity contribution in [2.45, 2.75) is 31.6 Å². The fourth-order valence-corrected chi connectivity index (χ4v) is 6.61. The maximum absolute atomic E-state index is 13.9. The van der Waals surface area contributed by atoms with Crippen molar-refractivity contribution < 1.29 is 24.2 Å². The average molecular weight is 542 g/mol. The van der Waals surface area contributed by atoms with Crippen LogP contribution >= 0.6 is 11.3 Å². The number of hydrogen-bond acceptors (Lipinski definition) is 7. The van der Waals surface area contributed by atoms with Crippen LogP contribution in [0.4, 0.5) is 5.82 Å². The van der Waals surface area contributed by atoms with Crippen molar-refractivity contribution in [3.63, 3.8) is 0 Å². The molecule has 198 valence electrons. The summed E-state index contributed by atoms with van der Waals surface area (Å²) >= 11 is 1.65. The number of thiophene rings is 1. The number of carbonyl (C=O) groups excluding carboxylic acids is 1. The van der Waals surface area contributed by atoms with Gasteiger partial charge in [0.15, 0.2) is 5.78 Å². The minimum absolute atomic E-state index is 0.0625. The third kappa shape index (κ3) is 4.10. The predicted molar refractivity (Wildman–Crippen MR) is 149 cm³/mol. The smallest absolute Gasteiger partial charge is 0.337 e. The minimum atomic E-state index is -1.04. The number of ether oxygens (including phenoxy) is 2. The number of carboxylic acid groups (broad SMARTS) is 1. The summed E-state index contributed by atoms with van der Waals surface area (Å²) in [7, 11) is 3.20. The number of methoxy groups -OCH3 is 2. The maximum atomic E-state index is 13.9. The number of carbonyl (C=O) groups is 2. The Balaban J connectivity index is 1.59. The van der Waals surface area contributed by atoms with Crippen LogP contribution in [0, 0.1) is 6.92 Å². The van der Waals surface area contributed by atoms with Gasteiger partial charge in [0.1, 0.15) is 17.3 Å². The zero-order valence-corrected chi connectivity index (χ0v) is 22.5. The van der Waals surface area contributed by atoms with E-state index in [1.165, 1.54) is 4.88 Å². The van der Waals surface area contributed by atoms with Gasteiger partial charge in [-0.05, 0) is 43.0 Å². The predicted octanol–water partition coefficient (Wildman–Crippen LogP) is 5.92. The number of hydrogen-bond donors (Lipinski definition) is 2. The molecule has 0 bridgehead atoms. The zero-order chi connectivity index (χ0) is 27.3. The van der Waals surface area contributed by atoms with Crippen molar-refractivity contribution >= 4 is 28.9 Å². The SMILES string of the molecule is COc1ccc([C@@H]2C3=C(C[C@H](c4cccs4)CC3=O)Nc3c2c(C)nn3-c2ccccc2C(=O)O)c(OC)c1. The number of anilines is 1. The summed E-state index contributed by atoms with van der Waals surface area (Å²) in [5.41, 5.74) is 4.45. The van der Waals surface area contributed by atoms with Gasteiger partial charge in [-0.25, -0.2) is 9.48 Å². The van der Waals surface area contributed by atoms with E-state index >= 15 is 0 Å². The van der Waals surface area contributed by atoms with Crippen LogP contribution in [0.3, 0.4) is 0 Å². The first-order valence-corrected chi connectivity index (χ1v) is 13.5. The van der Waals surface area contributed by atoms with Crippen molar-refractivity contribution in [1.29, 1.82) is 0 Å². The van der Waals surface area contributed by atoms with Gasteiger partial charge >= 0.3 is 5.97 Å². The van der Waals surface area contributed by atoms with Crippen molar-refractivity contribution in [3.05, 3.63) is 98.5 Å². The molecule has 2 aromatic heterocycles. The highest BCUT2D eigenvalue weighted by Crippen LogP contribution is 2.51. The van der Waals surface area contributed by atoms with Crippen molar-refractivity contribution in [1.82, 2.24) is 9.78 Å². The Morgan fingerprint density at radius 2 is 1.92 bits per heavy atom. The normalized spacial score (nSPS) is 18.3. The van der Waals surface area contributed by atoms with E-state index in [2.05, 4.69) is 11.4 Å². The topological polar surface area (TPSA) is 103 Å². The Hall–Kier alpha value is -4.37. The largest absolute Gasteiger partial charge is 0.497 e. The molecule has 0 radical (unpaired) electrons. The Labute approximate surface area is 229 Å². The monoisotopic (exact) mass is 541 g/mol. The number of fused-ring (bicyclic) bond motifs is 1. The molecular formula is C30H27N3O5S. The van der Waals surface area contributed by atoms with Crippen LogP contribution in [0.1, 0.15) is 56.7 Å². The Morgan fingerprint density at radius 3 is 2.64 bits per heavy atom. The molecular weight excluding hydrogens is 514 g/mol. The second kappa shape index (κ2) is 9.74. The first-order valence-electron chi connectivity index (χ1n) is 12.6. The molecule has 1 aliphatic heterocycles. The van der Waals surface area contributed by atoms with Gasteiger partial charge in [0, 0.05) is 51.6 Å². The number of nitrogens with one attached hydrogen (secondary N) is 1. The Kier molecular flexibility index (Phi) is 6.23. The molecule has 2 aliphatic rings. The number of aryl methyl sites for hydroxylation is 1. The van der Waals surface area contributed by atoms with Crippen molar-refractivity contribution in [2.75, 3.05) is 19.5 Å². The van der Waals surface area contributed by atoms with Crippen LogP contribution in [-0.4, -0.2) is 40.9 Å². The van der Waals surface area contributed by atoms with Gasteiger partial charge in [-0.2, -0.15) is 5.10 Å². The quantitative estimate of drug-likeness (QED) is 0.313. The number of aromatic carboxylic acids is 1. The molecule has 0 saturated heterocycles. The second-order valence-corrected chi connectivity index (χ2v) is 10.7. The fourth-order valence-electron chi connectivity index (χ4n) is 5.78. The van der Waals surface area contributed by atoms with Gasteiger partial charge in [-0.15, -0.1) is 11.3 Å². The standard InChI is InChI=1S/C30H27N3O5S/c1-16-26-27(20-11-10-18(37-2)15-24(20)38-3)28-21(13-17(14-23(28)34)25-9-6-12-39-25)31-29(26)33(32-16)22-8-5-4-7-19(22)30(35)36/h4-12,15,17,27,31H,13-14H2,1-3H3,(H,35,36)/t17-,27-/m0/s1. The van der Waals surface area contributed by atoms with Gasteiger partial charge in [-0.3, -0.25) is 4.79 Å².